The highest BCUT2D eigenvalue weighted by molar-refractivity contribution is 5.81. The zero-order valence-electron chi connectivity index (χ0n) is 14.0. The molecule has 0 spiro atoms. The van der Waals surface area contributed by atoms with E-state index < -0.39 is 29.1 Å². The molecule has 4 aliphatic carbocycles. The van der Waals surface area contributed by atoms with Crippen molar-refractivity contribution in [1.29, 1.82) is 0 Å². The Balaban J connectivity index is 1.53. The van der Waals surface area contributed by atoms with E-state index in [1.165, 1.54) is 0 Å². The van der Waals surface area contributed by atoms with Gasteiger partial charge in [-0.3, -0.25) is 0 Å². The molecule has 1 amide bonds. The number of aliphatic hydroxyl groups is 1. The SMILES string of the molecule is O=C(NC(C(=O)O)C12CC3CC(CC(O)(C3)C1)C2)Oc1ccccc1. The molecule has 1 aromatic carbocycles. The summed E-state index contributed by atoms with van der Waals surface area (Å²) in [5.74, 6) is 0.00364. The highest BCUT2D eigenvalue weighted by atomic mass is 16.6. The molecule has 0 saturated heterocycles. The van der Waals surface area contributed by atoms with Crippen LogP contribution in [0, 0.1) is 17.3 Å². The van der Waals surface area contributed by atoms with Crippen LogP contribution >= 0.6 is 0 Å². The molecule has 4 saturated carbocycles. The fourth-order valence-electron chi connectivity index (χ4n) is 5.84. The van der Waals surface area contributed by atoms with E-state index in [2.05, 4.69) is 5.32 Å². The van der Waals surface area contributed by atoms with E-state index in [1.807, 2.05) is 0 Å². The van der Waals surface area contributed by atoms with Crippen LogP contribution in [0.3, 0.4) is 0 Å². The molecule has 1 aromatic rings. The van der Waals surface area contributed by atoms with Gasteiger partial charge in [0.1, 0.15) is 11.8 Å². The molecule has 134 valence electrons. The highest BCUT2D eigenvalue weighted by Gasteiger charge is 2.61. The van der Waals surface area contributed by atoms with Crippen LogP contribution in [0.4, 0.5) is 4.79 Å². The first-order valence-electron chi connectivity index (χ1n) is 8.86. The Morgan fingerprint density at radius 2 is 1.76 bits per heavy atom. The Labute approximate surface area is 146 Å². The minimum Gasteiger partial charge on any atom is -0.480 e. The molecule has 25 heavy (non-hydrogen) atoms. The zero-order chi connectivity index (χ0) is 17.7. The number of ether oxygens (including phenoxy) is 1. The van der Waals surface area contributed by atoms with Crippen LogP contribution in [-0.2, 0) is 4.79 Å². The summed E-state index contributed by atoms with van der Waals surface area (Å²) in [7, 11) is 0. The predicted octanol–water partition coefficient (Wildman–Crippen LogP) is 2.56. The minimum absolute atomic E-state index is 0.347. The number of hydrogen-bond donors (Lipinski definition) is 3. The van der Waals surface area contributed by atoms with E-state index >= 15 is 0 Å². The normalized spacial score (nSPS) is 36.7. The quantitative estimate of drug-likeness (QED) is 0.779. The molecular weight excluding hydrogens is 322 g/mol. The lowest BCUT2D eigenvalue weighted by molar-refractivity contribution is -0.181. The molecule has 4 fully saturated rings. The summed E-state index contributed by atoms with van der Waals surface area (Å²) in [5.41, 5.74) is -1.36. The fraction of sp³-hybridized carbons (Fsp3) is 0.579. The number of amides is 1. The molecule has 5 rings (SSSR count). The van der Waals surface area contributed by atoms with Crippen molar-refractivity contribution >= 4 is 12.1 Å². The summed E-state index contributed by atoms with van der Waals surface area (Å²) in [6.45, 7) is 0. The molecule has 0 aliphatic heterocycles. The van der Waals surface area contributed by atoms with Gasteiger partial charge in [0, 0.05) is 5.41 Å². The van der Waals surface area contributed by atoms with Crippen LogP contribution < -0.4 is 10.1 Å². The maximum atomic E-state index is 12.2. The number of para-hydroxylation sites is 1. The van der Waals surface area contributed by atoms with Crippen molar-refractivity contribution in [3.63, 3.8) is 0 Å². The lowest BCUT2D eigenvalue weighted by Crippen LogP contribution is -2.64. The van der Waals surface area contributed by atoms with Crippen molar-refractivity contribution in [2.45, 2.75) is 50.2 Å². The summed E-state index contributed by atoms with van der Waals surface area (Å²) >= 11 is 0. The molecule has 0 aromatic heterocycles. The van der Waals surface area contributed by atoms with Gasteiger partial charge in [0.05, 0.1) is 5.60 Å². The fourth-order valence-corrected chi connectivity index (χ4v) is 5.84. The number of benzene rings is 1. The van der Waals surface area contributed by atoms with Gasteiger partial charge in [0.25, 0.3) is 0 Å². The molecule has 3 atom stereocenters. The number of nitrogens with one attached hydrogen (secondary N) is 1. The van der Waals surface area contributed by atoms with E-state index in [0.717, 1.165) is 32.1 Å². The molecular formula is C19H23NO5. The van der Waals surface area contributed by atoms with E-state index in [-0.39, 0.29) is 0 Å². The molecule has 6 nitrogen and oxygen atoms in total. The average molecular weight is 345 g/mol. The number of carbonyl (C=O) groups excluding carboxylic acids is 1. The summed E-state index contributed by atoms with van der Waals surface area (Å²) < 4.78 is 5.21. The monoisotopic (exact) mass is 345 g/mol. The molecule has 0 heterocycles. The second kappa shape index (κ2) is 5.73. The van der Waals surface area contributed by atoms with Gasteiger partial charge in [-0.1, -0.05) is 18.2 Å². The van der Waals surface area contributed by atoms with E-state index in [4.69, 9.17) is 4.74 Å². The molecule has 4 aliphatic rings. The topological polar surface area (TPSA) is 95.9 Å². The van der Waals surface area contributed by atoms with Crippen molar-refractivity contribution in [2.24, 2.45) is 17.3 Å². The first-order valence-corrected chi connectivity index (χ1v) is 8.86. The summed E-state index contributed by atoms with van der Waals surface area (Å²) in [4.78, 5) is 24.2. The van der Waals surface area contributed by atoms with Gasteiger partial charge < -0.3 is 20.3 Å². The first kappa shape index (κ1) is 16.4. The molecule has 6 heteroatoms. The van der Waals surface area contributed by atoms with Gasteiger partial charge in [0.2, 0.25) is 0 Å². The molecule has 0 radical (unpaired) electrons. The third-order valence-electron chi connectivity index (χ3n) is 6.15. The van der Waals surface area contributed by atoms with Crippen LogP contribution in [0.1, 0.15) is 38.5 Å². The molecule has 3 N–H and O–H groups in total. The van der Waals surface area contributed by atoms with Gasteiger partial charge in [-0.2, -0.15) is 0 Å². The summed E-state index contributed by atoms with van der Waals surface area (Å²) in [6.07, 6.45) is 3.74. The van der Waals surface area contributed by atoms with E-state index in [1.54, 1.807) is 30.3 Å². The lowest BCUT2D eigenvalue weighted by Gasteiger charge is -2.61. The number of carboxylic acids is 1. The largest absolute Gasteiger partial charge is 0.480 e. The third-order valence-corrected chi connectivity index (χ3v) is 6.15. The van der Waals surface area contributed by atoms with Crippen LogP contribution in [0.5, 0.6) is 5.75 Å². The number of aliphatic carboxylic acids is 1. The number of hydrogen-bond acceptors (Lipinski definition) is 4. The Morgan fingerprint density at radius 3 is 2.32 bits per heavy atom. The van der Waals surface area contributed by atoms with Gasteiger partial charge >= 0.3 is 12.1 Å². The van der Waals surface area contributed by atoms with Gasteiger partial charge in [0.15, 0.2) is 0 Å². The standard InChI is InChI=1S/C19H23NO5/c21-16(22)15(20-17(23)25-14-4-2-1-3-5-14)18-7-12-6-13(8-18)10-19(24,9-12)11-18/h1-5,12-13,15,24H,6-11H2,(H,20,23)(H,21,22). The Morgan fingerprint density at radius 1 is 1.12 bits per heavy atom. The van der Waals surface area contributed by atoms with Crippen LogP contribution in [0.15, 0.2) is 30.3 Å². The lowest BCUT2D eigenvalue weighted by atomic mass is 9.46. The van der Waals surface area contributed by atoms with Crippen molar-refractivity contribution in [1.82, 2.24) is 5.32 Å². The zero-order valence-corrected chi connectivity index (χ0v) is 14.0. The van der Waals surface area contributed by atoms with Gasteiger partial charge in [-0.15, -0.1) is 0 Å². The molecule has 4 bridgehead atoms. The number of carboxylic acid groups (broad SMARTS) is 1. The maximum Gasteiger partial charge on any atom is 0.413 e. The smallest absolute Gasteiger partial charge is 0.413 e. The number of rotatable bonds is 4. The Kier molecular flexibility index (Phi) is 3.76. The van der Waals surface area contributed by atoms with Gasteiger partial charge in [-0.05, 0) is 62.5 Å². The summed E-state index contributed by atoms with van der Waals surface area (Å²) in [6, 6.07) is 7.53. The third kappa shape index (κ3) is 2.99. The van der Waals surface area contributed by atoms with E-state index in [0.29, 0.717) is 24.0 Å². The van der Waals surface area contributed by atoms with Crippen molar-refractivity contribution in [3.05, 3.63) is 30.3 Å². The van der Waals surface area contributed by atoms with Gasteiger partial charge in [-0.25, -0.2) is 9.59 Å². The first-order chi connectivity index (χ1) is 11.9. The van der Waals surface area contributed by atoms with Crippen molar-refractivity contribution in [2.75, 3.05) is 0 Å². The second-order valence-corrected chi connectivity index (χ2v) is 8.17. The van der Waals surface area contributed by atoms with Crippen LogP contribution in [0.2, 0.25) is 0 Å². The Bertz CT molecular complexity index is 674. The summed E-state index contributed by atoms with van der Waals surface area (Å²) in [5, 5.41) is 23.2. The number of carbonyl (C=O) groups is 2. The van der Waals surface area contributed by atoms with Crippen molar-refractivity contribution in [3.8, 4) is 5.75 Å². The highest BCUT2D eigenvalue weighted by Crippen LogP contribution is 2.62. The van der Waals surface area contributed by atoms with Crippen molar-refractivity contribution < 1.29 is 24.5 Å². The second-order valence-electron chi connectivity index (χ2n) is 8.17. The average Bonchev–Trinajstić information content (AvgIpc) is 2.51. The van der Waals surface area contributed by atoms with E-state index in [9.17, 15) is 19.8 Å². The van der Waals surface area contributed by atoms with Crippen LogP contribution in [0.25, 0.3) is 0 Å². The molecule has 3 unspecified atom stereocenters. The maximum absolute atomic E-state index is 12.2. The van der Waals surface area contributed by atoms with Crippen LogP contribution in [-0.4, -0.2) is 33.9 Å². The predicted molar refractivity (Wildman–Crippen MR) is 89.1 cm³/mol. The Hall–Kier alpha value is -2.08. The minimum atomic E-state index is -1.06.